The number of benzene rings is 3. The molecule has 31 heavy (non-hydrogen) atoms. The first-order valence-corrected chi connectivity index (χ1v) is 9.80. The molecule has 0 bridgehead atoms. The first kappa shape index (κ1) is 21.8. The third-order valence-corrected chi connectivity index (χ3v) is 4.38. The molecule has 3 aromatic rings. The Balaban J connectivity index is 1.59. The number of ether oxygens (including phenoxy) is 3. The van der Waals surface area contributed by atoms with Gasteiger partial charge in [0.2, 0.25) is 0 Å². The monoisotopic (exact) mass is 418 g/mol. The fourth-order valence-corrected chi connectivity index (χ4v) is 2.70. The smallest absolute Gasteiger partial charge is 0.338 e. The third kappa shape index (κ3) is 6.82. The summed E-state index contributed by atoms with van der Waals surface area (Å²) in [7, 11) is 0. The molecule has 6 heteroatoms. The zero-order valence-corrected chi connectivity index (χ0v) is 16.8. The maximum Gasteiger partial charge on any atom is 0.338 e. The van der Waals surface area contributed by atoms with Crippen LogP contribution in [0.5, 0.6) is 0 Å². The number of carbonyl (C=O) groups excluding carboxylic acids is 3. The molecular weight excluding hydrogens is 396 g/mol. The van der Waals surface area contributed by atoms with Gasteiger partial charge in [-0.1, -0.05) is 54.6 Å². The topological polar surface area (TPSA) is 78.9 Å². The molecule has 0 atom stereocenters. The van der Waals surface area contributed by atoms with Gasteiger partial charge in [0.05, 0.1) is 22.6 Å². The van der Waals surface area contributed by atoms with Crippen LogP contribution in [-0.4, -0.2) is 37.7 Å². The lowest BCUT2D eigenvalue weighted by Gasteiger charge is -2.17. The summed E-state index contributed by atoms with van der Waals surface area (Å²) in [6.45, 7) is -0.215. The Hall–Kier alpha value is -3.93. The van der Waals surface area contributed by atoms with Crippen LogP contribution in [-0.2, 0) is 14.2 Å². The van der Waals surface area contributed by atoms with E-state index in [2.05, 4.69) is 0 Å². The van der Waals surface area contributed by atoms with E-state index in [-0.39, 0.29) is 19.8 Å². The third-order valence-electron chi connectivity index (χ3n) is 4.38. The molecule has 0 radical (unpaired) electrons. The lowest BCUT2D eigenvalue weighted by atomic mass is 10.2. The Morgan fingerprint density at radius 3 is 1.00 bits per heavy atom. The van der Waals surface area contributed by atoms with Crippen molar-refractivity contribution >= 4 is 17.9 Å². The van der Waals surface area contributed by atoms with Crippen molar-refractivity contribution in [2.24, 2.45) is 5.92 Å². The van der Waals surface area contributed by atoms with Crippen LogP contribution in [0.3, 0.4) is 0 Å². The maximum absolute atomic E-state index is 12.2. The Morgan fingerprint density at radius 2 is 0.742 bits per heavy atom. The molecule has 0 saturated carbocycles. The predicted molar refractivity (Wildman–Crippen MR) is 114 cm³/mol. The molecule has 0 aromatic heterocycles. The summed E-state index contributed by atoms with van der Waals surface area (Å²) in [5.74, 6) is -2.04. The highest BCUT2D eigenvalue weighted by atomic mass is 16.6. The minimum Gasteiger partial charge on any atom is -0.462 e. The van der Waals surface area contributed by atoms with Crippen molar-refractivity contribution in [1.29, 1.82) is 0 Å². The van der Waals surface area contributed by atoms with Crippen molar-refractivity contribution < 1.29 is 28.6 Å². The normalized spacial score (nSPS) is 10.4. The van der Waals surface area contributed by atoms with Gasteiger partial charge in [-0.2, -0.15) is 0 Å². The molecule has 3 aromatic carbocycles. The minimum atomic E-state index is -0.520. The second kappa shape index (κ2) is 11.3. The molecular formula is C25H22O6. The number of hydrogen-bond acceptors (Lipinski definition) is 6. The van der Waals surface area contributed by atoms with Crippen LogP contribution in [0.4, 0.5) is 0 Å². The number of carbonyl (C=O) groups is 3. The molecule has 0 spiro atoms. The SMILES string of the molecule is O=C(OCC(COC(=O)c1ccccc1)COC(=O)c1ccccc1)c1ccccc1. The molecule has 0 heterocycles. The molecule has 0 aliphatic rings. The van der Waals surface area contributed by atoms with Gasteiger partial charge in [0.25, 0.3) is 0 Å². The maximum atomic E-state index is 12.2. The van der Waals surface area contributed by atoms with E-state index in [1.165, 1.54) is 0 Å². The fourth-order valence-electron chi connectivity index (χ4n) is 2.70. The van der Waals surface area contributed by atoms with Gasteiger partial charge in [-0.3, -0.25) is 0 Å². The highest BCUT2D eigenvalue weighted by molar-refractivity contribution is 5.90. The van der Waals surface area contributed by atoms with Crippen molar-refractivity contribution in [1.82, 2.24) is 0 Å². The lowest BCUT2D eigenvalue weighted by Crippen LogP contribution is -2.26. The summed E-state index contributed by atoms with van der Waals surface area (Å²) in [6.07, 6.45) is 0. The van der Waals surface area contributed by atoms with Crippen molar-refractivity contribution in [3.05, 3.63) is 108 Å². The van der Waals surface area contributed by atoms with Crippen LogP contribution in [0.15, 0.2) is 91.0 Å². The van der Waals surface area contributed by atoms with Gasteiger partial charge < -0.3 is 14.2 Å². The standard InChI is InChI=1S/C25H22O6/c26-23(20-10-4-1-5-11-20)29-16-19(17-30-24(27)21-12-6-2-7-13-21)18-31-25(28)22-14-8-3-9-15-22/h1-15,19H,16-18H2. The van der Waals surface area contributed by atoms with Crippen LogP contribution in [0, 0.1) is 5.92 Å². The highest BCUT2D eigenvalue weighted by Gasteiger charge is 2.19. The van der Waals surface area contributed by atoms with Gasteiger partial charge in [0.15, 0.2) is 0 Å². The number of esters is 3. The molecule has 0 saturated heterocycles. The molecule has 3 rings (SSSR count). The van der Waals surface area contributed by atoms with Gasteiger partial charge in [-0.15, -0.1) is 0 Å². The summed E-state index contributed by atoms with van der Waals surface area (Å²) in [6, 6.07) is 25.6. The van der Waals surface area contributed by atoms with E-state index in [4.69, 9.17) is 14.2 Å². The van der Waals surface area contributed by atoms with Crippen LogP contribution in [0.2, 0.25) is 0 Å². The summed E-state index contributed by atoms with van der Waals surface area (Å²) in [4.78, 5) is 36.7. The van der Waals surface area contributed by atoms with Gasteiger partial charge in [-0.25, -0.2) is 14.4 Å². The summed E-state index contributed by atoms with van der Waals surface area (Å²) in [5, 5.41) is 0. The molecule has 0 unspecified atom stereocenters. The lowest BCUT2D eigenvalue weighted by molar-refractivity contribution is 0.00641. The second-order valence-electron chi connectivity index (χ2n) is 6.76. The van der Waals surface area contributed by atoms with E-state index in [0.29, 0.717) is 16.7 Å². The molecule has 0 N–H and O–H groups in total. The van der Waals surface area contributed by atoms with Gasteiger partial charge in [-0.05, 0) is 36.4 Å². The van der Waals surface area contributed by atoms with E-state index in [0.717, 1.165) is 0 Å². The summed E-state index contributed by atoms with van der Waals surface area (Å²) < 4.78 is 16.0. The zero-order valence-electron chi connectivity index (χ0n) is 16.8. The summed E-state index contributed by atoms with van der Waals surface area (Å²) in [5.41, 5.74) is 1.22. The quantitative estimate of drug-likeness (QED) is 0.383. The van der Waals surface area contributed by atoms with E-state index < -0.39 is 23.8 Å². The van der Waals surface area contributed by atoms with Gasteiger partial charge in [0, 0.05) is 0 Å². The number of rotatable bonds is 9. The van der Waals surface area contributed by atoms with Crippen LogP contribution in [0.1, 0.15) is 31.1 Å². The largest absolute Gasteiger partial charge is 0.462 e. The first-order chi connectivity index (χ1) is 15.1. The van der Waals surface area contributed by atoms with Crippen molar-refractivity contribution in [3.63, 3.8) is 0 Å². The highest BCUT2D eigenvalue weighted by Crippen LogP contribution is 2.10. The van der Waals surface area contributed by atoms with Crippen LogP contribution < -0.4 is 0 Å². The van der Waals surface area contributed by atoms with Crippen molar-refractivity contribution in [2.75, 3.05) is 19.8 Å². The molecule has 0 aliphatic carbocycles. The molecule has 0 amide bonds. The van der Waals surface area contributed by atoms with Crippen molar-refractivity contribution in [3.8, 4) is 0 Å². The predicted octanol–water partition coefficient (Wildman–Crippen LogP) is 4.17. The molecule has 158 valence electrons. The van der Waals surface area contributed by atoms with E-state index in [1.54, 1.807) is 91.0 Å². The zero-order chi connectivity index (χ0) is 21.9. The first-order valence-electron chi connectivity index (χ1n) is 9.80. The molecule has 0 fully saturated rings. The van der Waals surface area contributed by atoms with Crippen molar-refractivity contribution in [2.45, 2.75) is 0 Å². The van der Waals surface area contributed by atoms with E-state index in [1.807, 2.05) is 0 Å². The Kier molecular flexibility index (Phi) is 7.94. The Labute approximate surface area is 180 Å². The minimum absolute atomic E-state index is 0.0716. The average Bonchev–Trinajstić information content (AvgIpc) is 2.84. The average molecular weight is 418 g/mol. The van der Waals surface area contributed by atoms with Crippen LogP contribution >= 0.6 is 0 Å². The van der Waals surface area contributed by atoms with Gasteiger partial charge in [0.1, 0.15) is 19.8 Å². The van der Waals surface area contributed by atoms with E-state index >= 15 is 0 Å². The van der Waals surface area contributed by atoms with E-state index in [9.17, 15) is 14.4 Å². The van der Waals surface area contributed by atoms with Gasteiger partial charge >= 0.3 is 17.9 Å². The van der Waals surface area contributed by atoms with Crippen LogP contribution in [0.25, 0.3) is 0 Å². The Bertz CT molecular complexity index is 854. The molecule has 6 nitrogen and oxygen atoms in total. The fraction of sp³-hybridized carbons (Fsp3) is 0.160. The number of hydrogen-bond donors (Lipinski definition) is 0. The Morgan fingerprint density at radius 1 is 0.484 bits per heavy atom. The second-order valence-corrected chi connectivity index (χ2v) is 6.76. The summed E-state index contributed by atoms with van der Waals surface area (Å²) >= 11 is 0. The molecule has 0 aliphatic heterocycles.